The first-order chi connectivity index (χ1) is 6.77. The number of rotatable bonds is 0. The average Bonchev–Trinajstić information content (AvgIpc) is 2.18. The molecule has 2 rings (SSSR count). The van der Waals surface area contributed by atoms with Gasteiger partial charge in [0.05, 0.1) is 5.71 Å². The molecule has 0 N–H and O–H groups in total. The SMILES string of the molecule is CC(=O)N=C1CCCc2ccccc21. The molecule has 1 aliphatic carbocycles. The van der Waals surface area contributed by atoms with Crippen LogP contribution < -0.4 is 0 Å². The number of hydrogen-bond donors (Lipinski definition) is 0. The summed E-state index contributed by atoms with van der Waals surface area (Å²) in [6, 6.07) is 8.20. The summed E-state index contributed by atoms with van der Waals surface area (Å²) in [6.45, 7) is 1.50. The van der Waals surface area contributed by atoms with Gasteiger partial charge >= 0.3 is 0 Å². The van der Waals surface area contributed by atoms with Gasteiger partial charge in [0.15, 0.2) is 0 Å². The predicted octanol–water partition coefficient (Wildman–Crippen LogP) is 2.36. The Morgan fingerprint density at radius 1 is 1.29 bits per heavy atom. The summed E-state index contributed by atoms with van der Waals surface area (Å²) in [5.41, 5.74) is 3.44. The maximum atomic E-state index is 10.9. The summed E-state index contributed by atoms with van der Waals surface area (Å²) in [5.74, 6) is -0.100. The molecule has 0 fully saturated rings. The van der Waals surface area contributed by atoms with Crippen LogP contribution in [0.3, 0.4) is 0 Å². The van der Waals surface area contributed by atoms with E-state index < -0.39 is 0 Å². The molecule has 0 atom stereocenters. The van der Waals surface area contributed by atoms with Gasteiger partial charge < -0.3 is 0 Å². The highest BCUT2D eigenvalue weighted by Crippen LogP contribution is 2.21. The summed E-state index contributed by atoms with van der Waals surface area (Å²) < 4.78 is 0. The Morgan fingerprint density at radius 2 is 2.07 bits per heavy atom. The van der Waals surface area contributed by atoms with Crippen LogP contribution in [-0.4, -0.2) is 11.6 Å². The van der Waals surface area contributed by atoms with E-state index in [1.807, 2.05) is 12.1 Å². The van der Waals surface area contributed by atoms with Crippen molar-refractivity contribution in [2.24, 2.45) is 4.99 Å². The second-order valence-electron chi connectivity index (χ2n) is 3.59. The smallest absolute Gasteiger partial charge is 0.242 e. The zero-order valence-corrected chi connectivity index (χ0v) is 8.29. The maximum Gasteiger partial charge on any atom is 0.242 e. The lowest BCUT2D eigenvalue weighted by Crippen LogP contribution is -2.12. The molecule has 0 saturated heterocycles. The van der Waals surface area contributed by atoms with Crippen molar-refractivity contribution in [2.45, 2.75) is 26.2 Å². The number of amides is 1. The Balaban J connectivity index is 2.45. The van der Waals surface area contributed by atoms with Gasteiger partial charge in [0, 0.05) is 6.92 Å². The molecule has 0 radical (unpaired) electrons. The van der Waals surface area contributed by atoms with E-state index in [9.17, 15) is 4.79 Å². The second-order valence-corrected chi connectivity index (χ2v) is 3.59. The minimum atomic E-state index is -0.100. The summed E-state index contributed by atoms with van der Waals surface area (Å²) in [6.07, 6.45) is 3.13. The van der Waals surface area contributed by atoms with Gasteiger partial charge in [-0.25, -0.2) is 4.99 Å². The fourth-order valence-corrected chi connectivity index (χ4v) is 1.91. The fourth-order valence-electron chi connectivity index (χ4n) is 1.91. The average molecular weight is 187 g/mol. The van der Waals surface area contributed by atoms with E-state index in [0.717, 1.165) is 30.5 Å². The number of carbonyl (C=O) groups excluding carboxylic acids is 1. The van der Waals surface area contributed by atoms with E-state index in [-0.39, 0.29) is 5.91 Å². The summed E-state index contributed by atoms with van der Waals surface area (Å²) in [5, 5.41) is 0. The van der Waals surface area contributed by atoms with Crippen LogP contribution >= 0.6 is 0 Å². The monoisotopic (exact) mass is 187 g/mol. The lowest BCUT2D eigenvalue weighted by molar-refractivity contribution is -0.115. The third kappa shape index (κ3) is 1.74. The first-order valence-corrected chi connectivity index (χ1v) is 4.94. The summed E-state index contributed by atoms with van der Waals surface area (Å²) >= 11 is 0. The Morgan fingerprint density at radius 3 is 2.86 bits per heavy atom. The number of nitrogens with zero attached hydrogens (tertiary/aromatic N) is 1. The lowest BCUT2D eigenvalue weighted by Gasteiger charge is -2.16. The van der Waals surface area contributed by atoms with E-state index >= 15 is 0 Å². The van der Waals surface area contributed by atoms with Crippen molar-refractivity contribution >= 4 is 11.6 Å². The van der Waals surface area contributed by atoms with Gasteiger partial charge in [-0.1, -0.05) is 24.3 Å². The highest BCUT2D eigenvalue weighted by Gasteiger charge is 2.14. The van der Waals surface area contributed by atoms with Crippen molar-refractivity contribution in [1.29, 1.82) is 0 Å². The maximum absolute atomic E-state index is 10.9. The van der Waals surface area contributed by atoms with E-state index in [4.69, 9.17) is 0 Å². The third-order valence-corrected chi connectivity index (χ3v) is 2.48. The molecule has 1 amide bonds. The first-order valence-electron chi connectivity index (χ1n) is 4.94. The highest BCUT2D eigenvalue weighted by molar-refractivity contribution is 6.07. The zero-order valence-electron chi connectivity index (χ0n) is 8.29. The van der Waals surface area contributed by atoms with Gasteiger partial charge in [0.25, 0.3) is 0 Å². The standard InChI is InChI=1S/C12H13NO/c1-9(14)13-12-8-4-6-10-5-2-3-7-11(10)12/h2-3,5,7H,4,6,8H2,1H3. The van der Waals surface area contributed by atoms with Crippen LogP contribution in [0, 0.1) is 0 Å². The number of aliphatic imine (C=N–C) groups is 1. The fraction of sp³-hybridized carbons (Fsp3) is 0.333. The van der Waals surface area contributed by atoms with Crippen LogP contribution in [0.2, 0.25) is 0 Å². The van der Waals surface area contributed by atoms with Gasteiger partial charge in [0.2, 0.25) is 5.91 Å². The van der Waals surface area contributed by atoms with Crippen molar-refractivity contribution in [1.82, 2.24) is 0 Å². The van der Waals surface area contributed by atoms with Gasteiger partial charge in [-0.05, 0) is 30.4 Å². The molecule has 72 valence electrons. The van der Waals surface area contributed by atoms with Gasteiger partial charge in [-0.2, -0.15) is 0 Å². The van der Waals surface area contributed by atoms with Crippen LogP contribution in [0.1, 0.15) is 30.9 Å². The normalized spacial score (nSPS) is 17.9. The molecule has 0 bridgehead atoms. The molecule has 14 heavy (non-hydrogen) atoms. The Bertz CT molecular complexity index is 393. The predicted molar refractivity (Wildman–Crippen MR) is 56.6 cm³/mol. The zero-order chi connectivity index (χ0) is 9.97. The topological polar surface area (TPSA) is 29.4 Å². The van der Waals surface area contributed by atoms with Crippen LogP contribution in [-0.2, 0) is 11.2 Å². The molecule has 0 saturated carbocycles. The minimum Gasteiger partial charge on any atom is -0.273 e. The van der Waals surface area contributed by atoms with Crippen molar-refractivity contribution in [3.8, 4) is 0 Å². The number of fused-ring (bicyclic) bond motifs is 1. The quantitative estimate of drug-likeness (QED) is 0.613. The Kier molecular flexibility index (Phi) is 2.44. The van der Waals surface area contributed by atoms with Gasteiger partial charge in [-0.3, -0.25) is 4.79 Å². The molecule has 0 spiro atoms. The van der Waals surface area contributed by atoms with Crippen molar-refractivity contribution in [2.75, 3.05) is 0 Å². The minimum absolute atomic E-state index is 0.100. The van der Waals surface area contributed by atoms with Crippen LogP contribution in [0.5, 0.6) is 0 Å². The number of benzene rings is 1. The molecule has 0 aromatic heterocycles. The molecule has 1 aliphatic rings. The largest absolute Gasteiger partial charge is 0.273 e. The third-order valence-electron chi connectivity index (χ3n) is 2.48. The van der Waals surface area contributed by atoms with E-state index in [2.05, 4.69) is 17.1 Å². The summed E-state index contributed by atoms with van der Waals surface area (Å²) in [7, 11) is 0. The first kappa shape index (κ1) is 9.13. The summed E-state index contributed by atoms with van der Waals surface area (Å²) in [4.78, 5) is 15.0. The Hall–Kier alpha value is -1.44. The Labute approximate surface area is 83.7 Å². The van der Waals surface area contributed by atoms with Crippen molar-refractivity contribution in [3.05, 3.63) is 35.4 Å². The van der Waals surface area contributed by atoms with Crippen LogP contribution in [0.4, 0.5) is 0 Å². The second kappa shape index (κ2) is 3.74. The molecule has 1 aromatic rings. The molecule has 0 aliphatic heterocycles. The molecule has 2 heteroatoms. The van der Waals surface area contributed by atoms with Gasteiger partial charge in [0.1, 0.15) is 0 Å². The molecule has 0 unspecified atom stereocenters. The number of carbonyl (C=O) groups is 1. The van der Waals surface area contributed by atoms with E-state index in [1.54, 1.807) is 0 Å². The van der Waals surface area contributed by atoms with E-state index in [0.29, 0.717) is 0 Å². The molecule has 0 heterocycles. The molecule has 1 aromatic carbocycles. The molecular weight excluding hydrogens is 174 g/mol. The van der Waals surface area contributed by atoms with Gasteiger partial charge in [-0.15, -0.1) is 0 Å². The van der Waals surface area contributed by atoms with Crippen LogP contribution in [0.25, 0.3) is 0 Å². The van der Waals surface area contributed by atoms with Crippen molar-refractivity contribution in [3.63, 3.8) is 0 Å². The number of hydrogen-bond acceptors (Lipinski definition) is 1. The van der Waals surface area contributed by atoms with Crippen molar-refractivity contribution < 1.29 is 4.79 Å². The molecule has 2 nitrogen and oxygen atoms in total. The van der Waals surface area contributed by atoms with Crippen LogP contribution in [0.15, 0.2) is 29.3 Å². The number of aryl methyl sites for hydroxylation is 1. The molecular formula is C12H13NO. The lowest BCUT2D eigenvalue weighted by atomic mass is 9.90. The van der Waals surface area contributed by atoms with E-state index in [1.165, 1.54) is 12.5 Å². The highest BCUT2D eigenvalue weighted by atomic mass is 16.1.